The third-order valence-electron chi connectivity index (χ3n) is 5.62. The zero-order chi connectivity index (χ0) is 23.2. The van der Waals surface area contributed by atoms with Crippen LogP contribution in [0.4, 0.5) is 5.69 Å². The molecule has 3 N–H and O–H groups in total. The van der Waals surface area contributed by atoms with Gasteiger partial charge in [0.15, 0.2) is 0 Å². The summed E-state index contributed by atoms with van der Waals surface area (Å²) in [6.07, 6.45) is 2.82. The lowest BCUT2D eigenvalue weighted by molar-refractivity contribution is -0.124. The Balaban J connectivity index is 0.00000107. The van der Waals surface area contributed by atoms with Crippen LogP contribution in [0.3, 0.4) is 0 Å². The van der Waals surface area contributed by atoms with Gasteiger partial charge in [-0.25, -0.2) is 0 Å². The average Bonchev–Trinajstić information content (AvgIpc) is 2.99. The van der Waals surface area contributed by atoms with E-state index < -0.39 is 0 Å². The second kappa shape index (κ2) is 10.1. The number of benzene rings is 1. The molecule has 0 radical (unpaired) electrons. The smallest absolute Gasteiger partial charge is 0.290 e. The SMILES string of the molecule is COc1ccc(N2CC(NC(=O)CC3CC(C)(C)NC(C)(C)C3)CC2=O)cc1.O=CO. The van der Waals surface area contributed by atoms with E-state index in [1.165, 1.54) is 0 Å². The van der Waals surface area contributed by atoms with Crippen molar-refractivity contribution in [1.82, 2.24) is 10.6 Å². The van der Waals surface area contributed by atoms with Crippen molar-refractivity contribution in [3.05, 3.63) is 24.3 Å². The summed E-state index contributed by atoms with van der Waals surface area (Å²) in [5.74, 6) is 1.20. The summed E-state index contributed by atoms with van der Waals surface area (Å²) in [7, 11) is 1.62. The van der Waals surface area contributed by atoms with Crippen LogP contribution in [0.2, 0.25) is 0 Å². The van der Waals surface area contributed by atoms with Crippen LogP contribution in [0.25, 0.3) is 0 Å². The number of rotatable bonds is 5. The van der Waals surface area contributed by atoms with Gasteiger partial charge >= 0.3 is 0 Å². The van der Waals surface area contributed by atoms with Crippen LogP contribution in [0, 0.1) is 5.92 Å². The number of carbonyl (C=O) groups excluding carboxylic acids is 2. The van der Waals surface area contributed by atoms with Crippen LogP contribution in [0.5, 0.6) is 5.75 Å². The summed E-state index contributed by atoms with van der Waals surface area (Å²) in [5, 5.41) is 13.6. The number of carboxylic acid groups (broad SMARTS) is 1. The molecule has 1 atom stereocenters. The highest BCUT2D eigenvalue weighted by molar-refractivity contribution is 5.96. The van der Waals surface area contributed by atoms with Gasteiger partial charge in [0.25, 0.3) is 6.47 Å². The van der Waals surface area contributed by atoms with Gasteiger partial charge in [0, 0.05) is 36.2 Å². The third-order valence-corrected chi connectivity index (χ3v) is 5.62. The van der Waals surface area contributed by atoms with Gasteiger partial charge < -0.3 is 25.4 Å². The van der Waals surface area contributed by atoms with Crippen molar-refractivity contribution in [3.8, 4) is 5.75 Å². The van der Waals surface area contributed by atoms with Gasteiger partial charge in [0.2, 0.25) is 11.8 Å². The topological polar surface area (TPSA) is 108 Å². The van der Waals surface area contributed by atoms with E-state index >= 15 is 0 Å². The number of ether oxygens (including phenoxy) is 1. The highest BCUT2D eigenvalue weighted by Crippen LogP contribution is 2.34. The molecule has 8 heteroatoms. The zero-order valence-electron chi connectivity index (χ0n) is 19.1. The van der Waals surface area contributed by atoms with Crippen molar-refractivity contribution >= 4 is 24.0 Å². The summed E-state index contributed by atoms with van der Waals surface area (Å²) in [6.45, 7) is 9.05. The molecule has 2 fully saturated rings. The Kier molecular flexibility index (Phi) is 8.06. The van der Waals surface area contributed by atoms with Gasteiger partial charge in [0.05, 0.1) is 13.2 Å². The van der Waals surface area contributed by atoms with E-state index in [4.69, 9.17) is 14.6 Å². The molecular formula is C23H35N3O5. The number of hydrogen-bond donors (Lipinski definition) is 3. The molecule has 1 aromatic carbocycles. The van der Waals surface area contributed by atoms with E-state index in [2.05, 4.69) is 38.3 Å². The Morgan fingerprint density at radius 3 is 2.29 bits per heavy atom. The molecule has 8 nitrogen and oxygen atoms in total. The van der Waals surface area contributed by atoms with Gasteiger partial charge in [-0.2, -0.15) is 0 Å². The number of nitrogens with one attached hydrogen (secondary N) is 2. The fraction of sp³-hybridized carbons (Fsp3) is 0.609. The summed E-state index contributed by atoms with van der Waals surface area (Å²) >= 11 is 0. The van der Waals surface area contributed by atoms with Crippen molar-refractivity contribution in [2.45, 2.75) is 70.5 Å². The van der Waals surface area contributed by atoms with Crippen molar-refractivity contribution in [3.63, 3.8) is 0 Å². The fourth-order valence-corrected chi connectivity index (χ4v) is 5.04. The maximum atomic E-state index is 12.6. The highest BCUT2D eigenvalue weighted by Gasteiger charge is 2.39. The van der Waals surface area contributed by atoms with E-state index in [-0.39, 0.29) is 35.4 Å². The number of nitrogens with zero attached hydrogens (tertiary/aromatic N) is 1. The third kappa shape index (κ3) is 7.24. The Hall–Kier alpha value is -2.61. The molecule has 172 valence electrons. The van der Waals surface area contributed by atoms with E-state index in [0.29, 0.717) is 25.3 Å². The molecule has 3 rings (SSSR count). The molecule has 0 aliphatic carbocycles. The molecule has 2 aliphatic rings. The van der Waals surface area contributed by atoms with Crippen LogP contribution in [-0.2, 0) is 14.4 Å². The van der Waals surface area contributed by atoms with Gasteiger partial charge in [-0.3, -0.25) is 14.4 Å². The minimum atomic E-state index is -0.250. The average molecular weight is 434 g/mol. The van der Waals surface area contributed by atoms with Gasteiger partial charge in [0.1, 0.15) is 5.75 Å². The number of methoxy groups -OCH3 is 1. The largest absolute Gasteiger partial charge is 0.497 e. The molecule has 31 heavy (non-hydrogen) atoms. The number of hydrogen-bond acceptors (Lipinski definition) is 5. The second-order valence-corrected chi connectivity index (χ2v) is 9.65. The summed E-state index contributed by atoms with van der Waals surface area (Å²) < 4.78 is 5.17. The normalized spacial score (nSPS) is 22.3. The predicted octanol–water partition coefficient (Wildman–Crippen LogP) is 2.56. The molecular weight excluding hydrogens is 398 g/mol. The van der Waals surface area contributed by atoms with Gasteiger partial charge in [-0.05, 0) is 70.7 Å². The lowest BCUT2D eigenvalue weighted by Gasteiger charge is -2.46. The molecule has 2 amide bonds. The molecule has 0 saturated carbocycles. The summed E-state index contributed by atoms with van der Waals surface area (Å²) in [4.78, 5) is 35.2. The molecule has 2 aliphatic heterocycles. The van der Waals surface area contributed by atoms with Crippen LogP contribution in [0.15, 0.2) is 24.3 Å². The van der Waals surface area contributed by atoms with Crippen molar-refractivity contribution < 1.29 is 24.2 Å². The summed E-state index contributed by atoms with van der Waals surface area (Å²) in [5.41, 5.74) is 0.895. The molecule has 0 bridgehead atoms. The molecule has 1 unspecified atom stereocenters. The lowest BCUT2D eigenvalue weighted by Crippen LogP contribution is -2.58. The zero-order valence-corrected chi connectivity index (χ0v) is 19.1. The molecule has 0 aromatic heterocycles. The molecule has 2 heterocycles. The molecule has 2 saturated heterocycles. The maximum absolute atomic E-state index is 12.6. The minimum absolute atomic E-state index is 0.0290. The number of carbonyl (C=O) groups is 3. The number of amides is 2. The Morgan fingerprint density at radius 1 is 1.23 bits per heavy atom. The van der Waals surface area contributed by atoms with Crippen molar-refractivity contribution in [1.29, 1.82) is 0 Å². The van der Waals surface area contributed by atoms with Gasteiger partial charge in [-0.15, -0.1) is 0 Å². The van der Waals surface area contributed by atoms with Crippen LogP contribution in [0.1, 0.15) is 53.4 Å². The van der Waals surface area contributed by atoms with E-state index in [1.807, 2.05) is 24.3 Å². The van der Waals surface area contributed by atoms with Crippen LogP contribution < -0.4 is 20.3 Å². The Bertz CT molecular complexity index is 760. The molecule has 0 spiro atoms. The molecule has 1 aromatic rings. The fourth-order valence-electron chi connectivity index (χ4n) is 5.04. The van der Waals surface area contributed by atoms with E-state index in [0.717, 1.165) is 24.3 Å². The number of anilines is 1. The van der Waals surface area contributed by atoms with E-state index in [9.17, 15) is 9.59 Å². The van der Waals surface area contributed by atoms with Crippen molar-refractivity contribution in [2.24, 2.45) is 5.92 Å². The first-order valence-corrected chi connectivity index (χ1v) is 10.6. The maximum Gasteiger partial charge on any atom is 0.290 e. The predicted molar refractivity (Wildman–Crippen MR) is 119 cm³/mol. The highest BCUT2D eigenvalue weighted by atomic mass is 16.5. The van der Waals surface area contributed by atoms with Crippen LogP contribution in [-0.4, -0.2) is 54.2 Å². The van der Waals surface area contributed by atoms with Crippen LogP contribution >= 0.6 is 0 Å². The first-order chi connectivity index (χ1) is 14.5. The lowest BCUT2D eigenvalue weighted by atomic mass is 9.74. The number of piperidine rings is 1. The Morgan fingerprint density at radius 2 is 1.77 bits per heavy atom. The van der Waals surface area contributed by atoms with Gasteiger partial charge in [-0.1, -0.05) is 0 Å². The Labute approximate surface area is 184 Å². The minimum Gasteiger partial charge on any atom is -0.497 e. The van der Waals surface area contributed by atoms with E-state index in [1.54, 1.807) is 12.0 Å². The second-order valence-electron chi connectivity index (χ2n) is 9.65. The summed E-state index contributed by atoms with van der Waals surface area (Å²) in [6, 6.07) is 7.30. The first-order valence-electron chi connectivity index (χ1n) is 10.6. The van der Waals surface area contributed by atoms with Crippen molar-refractivity contribution in [2.75, 3.05) is 18.6 Å². The standard InChI is InChI=1S/C22H33N3O3.CH2O2/c1-21(2)12-15(13-22(3,4)24-21)10-19(26)23-16-11-20(27)25(14-16)17-6-8-18(28-5)9-7-17;2-1-3/h6-9,15-16,24H,10-14H2,1-5H3,(H,23,26);1H,(H,2,3). The monoisotopic (exact) mass is 433 g/mol. The first kappa shape index (κ1) is 24.7. The quantitative estimate of drug-likeness (QED) is 0.616.